The maximum atomic E-state index is 4.16. The number of aromatic amines is 1. The lowest BCUT2D eigenvalue weighted by molar-refractivity contribution is 1.14. The summed E-state index contributed by atoms with van der Waals surface area (Å²) in [6.45, 7) is 17.2. The van der Waals surface area contributed by atoms with E-state index in [9.17, 15) is 0 Å². The molecular formula is C12H22N2. The van der Waals surface area contributed by atoms with Gasteiger partial charge in [0.25, 0.3) is 0 Å². The molecule has 0 saturated carbocycles. The molecule has 0 saturated heterocycles. The molecule has 2 heteroatoms. The molecule has 0 aliphatic heterocycles. The van der Waals surface area contributed by atoms with Crippen molar-refractivity contribution in [2.75, 3.05) is 0 Å². The van der Waals surface area contributed by atoms with Crippen molar-refractivity contribution in [3.63, 3.8) is 0 Å². The van der Waals surface area contributed by atoms with Crippen molar-refractivity contribution < 1.29 is 0 Å². The first-order chi connectivity index (χ1) is 6.77. The van der Waals surface area contributed by atoms with Crippen molar-refractivity contribution in [3.8, 4) is 0 Å². The van der Waals surface area contributed by atoms with Crippen molar-refractivity contribution in [1.82, 2.24) is 9.97 Å². The van der Waals surface area contributed by atoms with Crippen LogP contribution in [0.3, 0.4) is 0 Å². The van der Waals surface area contributed by atoms with Crippen LogP contribution in [0, 0.1) is 6.92 Å². The Morgan fingerprint density at radius 1 is 1.07 bits per heavy atom. The van der Waals surface area contributed by atoms with Crippen LogP contribution in [-0.4, -0.2) is 9.97 Å². The van der Waals surface area contributed by atoms with Crippen LogP contribution >= 0.6 is 0 Å². The highest BCUT2D eigenvalue weighted by atomic mass is 14.9. The molecule has 1 aromatic heterocycles. The monoisotopic (exact) mass is 194 g/mol. The van der Waals surface area contributed by atoms with Crippen LogP contribution in [-0.2, 0) is 0 Å². The van der Waals surface area contributed by atoms with Gasteiger partial charge in [-0.2, -0.15) is 0 Å². The van der Waals surface area contributed by atoms with Crippen LogP contribution < -0.4 is 0 Å². The minimum absolute atomic E-state index is 0.868. The Labute approximate surface area is 87.8 Å². The van der Waals surface area contributed by atoms with Gasteiger partial charge in [-0.15, -0.1) is 0 Å². The van der Waals surface area contributed by atoms with E-state index in [4.69, 9.17) is 0 Å². The summed E-state index contributed by atoms with van der Waals surface area (Å²) < 4.78 is 0. The Bertz CT molecular complexity index is 234. The standard InChI is InChI=1S/C8H10N2.2C2H6/c1-4-7-8(5-2)10-6(3)9-7;2*1-2/h4-5H,1-2H2,3H3,(H,9,10);2*1-2H3. The number of nitrogens with one attached hydrogen (secondary N) is 1. The van der Waals surface area contributed by atoms with Gasteiger partial charge in [-0.1, -0.05) is 40.9 Å². The molecule has 1 rings (SSSR count). The maximum Gasteiger partial charge on any atom is 0.104 e. The molecule has 0 bridgehead atoms. The highest BCUT2D eigenvalue weighted by Crippen LogP contribution is 2.07. The molecule has 1 aromatic rings. The second-order valence-electron chi connectivity index (χ2n) is 2.03. The highest BCUT2D eigenvalue weighted by molar-refractivity contribution is 5.57. The zero-order valence-corrected chi connectivity index (χ0v) is 10.0. The average molecular weight is 194 g/mol. The largest absolute Gasteiger partial charge is 0.342 e. The van der Waals surface area contributed by atoms with Crippen molar-refractivity contribution in [2.24, 2.45) is 0 Å². The molecule has 0 unspecified atom stereocenters. The van der Waals surface area contributed by atoms with E-state index in [1.54, 1.807) is 12.2 Å². The van der Waals surface area contributed by atoms with Gasteiger partial charge >= 0.3 is 0 Å². The Kier molecular flexibility index (Phi) is 10.6. The molecule has 0 amide bonds. The van der Waals surface area contributed by atoms with Gasteiger partial charge < -0.3 is 4.98 Å². The molecule has 0 spiro atoms. The molecular weight excluding hydrogens is 172 g/mol. The normalized spacial score (nSPS) is 7.50. The van der Waals surface area contributed by atoms with Gasteiger partial charge in [0.15, 0.2) is 0 Å². The third-order valence-electron chi connectivity index (χ3n) is 1.28. The third-order valence-corrected chi connectivity index (χ3v) is 1.28. The predicted octanol–water partition coefficient (Wildman–Crippen LogP) is 4.06. The molecule has 80 valence electrons. The van der Waals surface area contributed by atoms with Gasteiger partial charge in [0.05, 0.1) is 11.4 Å². The Morgan fingerprint density at radius 2 is 1.57 bits per heavy atom. The molecule has 0 radical (unpaired) electrons. The van der Waals surface area contributed by atoms with Crippen molar-refractivity contribution in [2.45, 2.75) is 34.6 Å². The number of aromatic nitrogens is 2. The van der Waals surface area contributed by atoms with E-state index in [1.807, 2.05) is 34.6 Å². The Hall–Kier alpha value is -1.31. The minimum atomic E-state index is 0.868. The number of hydrogen-bond acceptors (Lipinski definition) is 1. The van der Waals surface area contributed by atoms with Crippen LogP contribution in [0.1, 0.15) is 44.9 Å². The Morgan fingerprint density at radius 3 is 1.86 bits per heavy atom. The highest BCUT2D eigenvalue weighted by Gasteiger charge is 1.98. The first kappa shape index (κ1) is 15.2. The van der Waals surface area contributed by atoms with E-state index in [1.165, 1.54) is 0 Å². The van der Waals surface area contributed by atoms with E-state index in [-0.39, 0.29) is 0 Å². The first-order valence-corrected chi connectivity index (χ1v) is 5.09. The van der Waals surface area contributed by atoms with Crippen LogP contribution in [0.4, 0.5) is 0 Å². The van der Waals surface area contributed by atoms with Gasteiger partial charge in [-0.05, 0) is 19.1 Å². The average Bonchev–Trinajstić information content (AvgIpc) is 2.64. The smallest absolute Gasteiger partial charge is 0.104 e. The van der Waals surface area contributed by atoms with Crippen LogP contribution in [0.5, 0.6) is 0 Å². The summed E-state index contributed by atoms with van der Waals surface area (Å²) >= 11 is 0. The fraction of sp³-hybridized carbons (Fsp3) is 0.417. The molecule has 14 heavy (non-hydrogen) atoms. The molecule has 0 aromatic carbocycles. The van der Waals surface area contributed by atoms with E-state index >= 15 is 0 Å². The SMILES string of the molecule is C=Cc1nc(C)[nH]c1C=C.CC.CC. The maximum absolute atomic E-state index is 4.16. The second-order valence-corrected chi connectivity index (χ2v) is 2.03. The summed E-state index contributed by atoms with van der Waals surface area (Å²) in [6, 6.07) is 0. The van der Waals surface area contributed by atoms with Gasteiger partial charge in [-0.3, -0.25) is 0 Å². The van der Waals surface area contributed by atoms with Crippen LogP contribution in [0.2, 0.25) is 0 Å². The number of hydrogen-bond donors (Lipinski definition) is 1. The number of nitrogens with zero attached hydrogens (tertiary/aromatic N) is 1. The number of imidazole rings is 1. The predicted molar refractivity (Wildman–Crippen MR) is 66.2 cm³/mol. The third kappa shape index (κ3) is 4.65. The Balaban J connectivity index is 0. The molecule has 0 aliphatic rings. The quantitative estimate of drug-likeness (QED) is 0.755. The van der Waals surface area contributed by atoms with Gasteiger partial charge in [-0.25, -0.2) is 4.98 Å². The fourth-order valence-electron chi connectivity index (χ4n) is 0.839. The first-order valence-electron chi connectivity index (χ1n) is 5.09. The lowest BCUT2D eigenvalue weighted by atomic mass is 10.3. The molecule has 0 atom stereocenters. The molecule has 1 N–H and O–H groups in total. The minimum Gasteiger partial charge on any atom is -0.342 e. The number of aryl methyl sites for hydroxylation is 1. The molecule has 0 aliphatic carbocycles. The number of H-pyrrole nitrogens is 1. The van der Waals surface area contributed by atoms with Crippen molar-refractivity contribution >= 4 is 12.2 Å². The summed E-state index contributed by atoms with van der Waals surface area (Å²) in [6.07, 6.45) is 3.44. The van der Waals surface area contributed by atoms with E-state index in [0.717, 1.165) is 17.2 Å². The summed E-state index contributed by atoms with van der Waals surface area (Å²) in [5.41, 5.74) is 1.81. The summed E-state index contributed by atoms with van der Waals surface area (Å²) in [7, 11) is 0. The van der Waals surface area contributed by atoms with Gasteiger partial charge in [0, 0.05) is 0 Å². The lowest BCUT2D eigenvalue weighted by Gasteiger charge is -1.84. The van der Waals surface area contributed by atoms with E-state index < -0.39 is 0 Å². The fourth-order valence-corrected chi connectivity index (χ4v) is 0.839. The zero-order valence-electron chi connectivity index (χ0n) is 10.0. The summed E-state index contributed by atoms with van der Waals surface area (Å²) in [5.74, 6) is 0.893. The van der Waals surface area contributed by atoms with Gasteiger partial charge in [0.2, 0.25) is 0 Å². The molecule has 2 nitrogen and oxygen atoms in total. The van der Waals surface area contributed by atoms with Crippen molar-refractivity contribution in [1.29, 1.82) is 0 Å². The van der Waals surface area contributed by atoms with Crippen molar-refractivity contribution in [3.05, 3.63) is 30.4 Å². The van der Waals surface area contributed by atoms with Crippen LogP contribution in [0.15, 0.2) is 13.2 Å². The zero-order chi connectivity index (χ0) is 11.6. The molecule has 0 fully saturated rings. The molecule has 1 heterocycles. The summed E-state index contributed by atoms with van der Waals surface area (Å²) in [4.78, 5) is 7.20. The second kappa shape index (κ2) is 9.78. The van der Waals surface area contributed by atoms with Crippen LogP contribution in [0.25, 0.3) is 12.2 Å². The summed E-state index contributed by atoms with van der Waals surface area (Å²) in [5, 5.41) is 0. The topological polar surface area (TPSA) is 28.7 Å². The number of rotatable bonds is 2. The van der Waals surface area contributed by atoms with E-state index in [2.05, 4.69) is 23.1 Å². The lowest BCUT2D eigenvalue weighted by Crippen LogP contribution is -1.73. The van der Waals surface area contributed by atoms with Gasteiger partial charge in [0.1, 0.15) is 5.82 Å². The van der Waals surface area contributed by atoms with E-state index in [0.29, 0.717) is 0 Å².